The van der Waals surface area contributed by atoms with E-state index in [1.165, 1.54) is 5.57 Å². The van der Waals surface area contributed by atoms with Crippen LogP contribution in [0.4, 0.5) is 0 Å². The molecule has 2 heterocycles. The number of rotatable bonds is 3. The van der Waals surface area contributed by atoms with Crippen LogP contribution in [0.5, 0.6) is 0 Å². The molecule has 3 aliphatic rings. The average Bonchev–Trinajstić information content (AvgIpc) is 2.41. The largest absolute Gasteiger partial charge is 0.467 e. The lowest BCUT2D eigenvalue weighted by Gasteiger charge is -2.51. The van der Waals surface area contributed by atoms with Crippen LogP contribution in [0.3, 0.4) is 0 Å². The van der Waals surface area contributed by atoms with Crippen molar-refractivity contribution in [1.29, 1.82) is 0 Å². The van der Waals surface area contributed by atoms with Crippen molar-refractivity contribution in [3.63, 3.8) is 0 Å². The molecular weight excluding hydrogens is 244 g/mol. The lowest BCUT2D eigenvalue weighted by atomic mass is 9.66. The van der Waals surface area contributed by atoms with Crippen LogP contribution < -0.4 is 0 Å². The van der Waals surface area contributed by atoms with Crippen molar-refractivity contribution in [3.05, 3.63) is 24.0 Å². The van der Waals surface area contributed by atoms with E-state index in [9.17, 15) is 0 Å². The van der Waals surface area contributed by atoms with E-state index in [-0.39, 0.29) is 19.2 Å². The topological polar surface area (TPSA) is 36.9 Å². The molecule has 0 unspecified atom stereocenters. The Kier molecular flexibility index (Phi) is 3.65. The van der Waals surface area contributed by atoms with Crippen LogP contribution in [0, 0.1) is 17.8 Å². The molecule has 0 bridgehead atoms. The fourth-order valence-corrected chi connectivity index (χ4v) is 3.72. The summed E-state index contributed by atoms with van der Waals surface area (Å²) in [6.07, 6.45) is 4.18. The van der Waals surface area contributed by atoms with Crippen molar-refractivity contribution in [2.45, 2.75) is 32.2 Å². The summed E-state index contributed by atoms with van der Waals surface area (Å²) < 4.78 is 22.5. The second kappa shape index (κ2) is 5.27. The zero-order chi connectivity index (χ0) is 13.4. The smallest absolute Gasteiger partial charge is 0.203 e. The maximum Gasteiger partial charge on any atom is 0.203 e. The average molecular weight is 266 g/mol. The summed E-state index contributed by atoms with van der Waals surface area (Å²) in [5.74, 6) is 2.00. The maximum absolute atomic E-state index is 5.86. The monoisotopic (exact) mass is 266 g/mol. The Hall–Kier alpha value is -0.840. The Morgan fingerprint density at radius 1 is 1.47 bits per heavy atom. The molecule has 106 valence electrons. The van der Waals surface area contributed by atoms with Gasteiger partial charge in [0.1, 0.15) is 18.7 Å². The fourth-order valence-electron chi connectivity index (χ4n) is 3.72. The summed E-state index contributed by atoms with van der Waals surface area (Å²) >= 11 is 0. The Morgan fingerprint density at radius 3 is 3.11 bits per heavy atom. The zero-order valence-corrected chi connectivity index (χ0v) is 11.6. The minimum Gasteiger partial charge on any atom is -0.467 e. The van der Waals surface area contributed by atoms with Gasteiger partial charge in [-0.3, -0.25) is 0 Å². The number of ether oxygens (including phenoxy) is 4. The number of hydrogen-bond donors (Lipinski definition) is 0. The third-order valence-electron chi connectivity index (χ3n) is 4.62. The molecule has 0 radical (unpaired) electrons. The van der Waals surface area contributed by atoms with E-state index < -0.39 is 0 Å². The summed E-state index contributed by atoms with van der Waals surface area (Å²) in [5, 5.41) is 0. The van der Waals surface area contributed by atoms with Gasteiger partial charge < -0.3 is 18.9 Å². The second-order valence-electron chi connectivity index (χ2n) is 5.64. The molecule has 2 fully saturated rings. The summed E-state index contributed by atoms with van der Waals surface area (Å²) in [4.78, 5) is 0. The van der Waals surface area contributed by atoms with Gasteiger partial charge in [-0.15, -0.1) is 0 Å². The molecule has 1 aliphatic carbocycles. The van der Waals surface area contributed by atoms with Crippen LogP contribution in [0.15, 0.2) is 24.0 Å². The highest BCUT2D eigenvalue weighted by molar-refractivity contribution is 5.18. The lowest BCUT2D eigenvalue weighted by Crippen LogP contribution is -2.53. The van der Waals surface area contributed by atoms with E-state index in [1.54, 1.807) is 7.11 Å². The van der Waals surface area contributed by atoms with Crippen molar-refractivity contribution in [3.8, 4) is 0 Å². The van der Waals surface area contributed by atoms with Gasteiger partial charge in [-0.2, -0.15) is 0 Å². The van der Waals surface area contributed by atoms with Crippen LogP contribution in [0.25, 0.3) is 0 Å². The third kappa shape index (κ3) is 2.22. The van der Waals surface area contributed by atoms with E-state index in [0.717, 1.165) is 19.4 Å². The van der Waals surface area contributed by atoms with Gasteiger partial charge in [-0.1, -0.05) is 18.2 Å². The summed E-state index contributed by atoms with van der Waals surface area (Å²) in [5.41, 5.74) is 1.47. The van der Waals surface area contributed by atoms with Gasteiger partial charge in [0, 0.05) is 18.9 Å². The summed E-state index contributed by atoms with van der Waals surface area (Å²) in [7, 11) is 1.63. The van der Waals surface area contributed by atoms with Crippen LogP contribution in [-0.4, -0.2) is 32.9 Å². The lowest BCUT2D eigenvalue weighted by molar-refractivity contribution is -0.252. The van der Waals surface area contributed by atoms with E-state index in [2.05, 4.69) is 19.6 Å². The molecule has 4 nitrogen and oxygen atoms in total. The molecule has 4 heteroatoms. The van der Waals surface area contributed by atoms with Gasteiger partial charge in [0.05, 0.1) is 6.61 Å². The Bertz CT molecular complexity index is 390. The maximum atomic E-state index is 5.86. The molecule has 0 aromatic carbocycles. The molecule has 19 heavy (non-hydrogen) atoms. The minimum atomic E-state index is -0.151. The quantitative estimate of drug-likeness (QED) is 0.581. The van der Waals surface area contributed by atoms with Crippen molar-refractivity contribution in [1.82, 2.24) is 0 Å². The predicted octanol–water partition coefficient (Wildman–Crippen LogP) is 2.46. The molecule has 0 amide bonds. The fraction of sp³-hybridized carbons (Fsp3) is 0.733. The molecule has 2 saturated heterocycles. The summed E-state index contributed by atoms with van der Waals surface area (Å²) in [6.45, 7) is 7.26. The van der Waals surface area contributed by atoms with E-state index in [1.807, 2.05) is 0 Å². The Morgan fingerprint density at radius 2 is 2.32 bits per heavy atom. The van der Waals surface area contributed by atoms with E-state index >= 15 is 0 Å². The summed E-state index contributed by atoms with van der Waals surface area (Å²) in [6, 6.07) is 0. The molecule has 0 aromatic rings. The first kappa shape index (κ1) is 13.2. The number of hydrogen-bond acceptors (Lipinski definition) is 4. The first-order valence-corrected chi connectivity index (χ1v) is 6.96. The third-order valence-corrected chi connectivity index (χ3v) is 4.62. The molecule has 5 atom stereocenters. The molecule has 0 aromatic heterocycles. The Labute approximate surface area is 114 Å². The molecule has 3 rings (SSSR count). The molecule has 0 N–H and O–H groups in total. The normalized spacial score (nSPS) is 41.3. The van der Waals surface area contributed by atoms with Crippen LogP contribution >= 0.6 is 0 Å². The minimum absolute atomic E-state index is 0.0882. The molecular formula is C15H22O4. The number of methoxy groups -OCH3 is 1. The highest BCUT2D eigenvalue weighted by Crippen LogP contribution is 2.49. The van der Waals surface area contributed by atoms with Gasteiger partial charge in [-0.05, 0) is 25.7 Å². The number of allylic oxidation sites excluding steroid dienone is 2. The van der Waals surface area contributed by atoms with E-state index in [0.29, 0.717) is 23.5 Å². The first-order chi connectivity index (χ1) is 9.22. The van der Waals surface area contributed by atoms with Gasteiger partial charge in [-0.25, -0.2) is 0 Å². The van der Waals surface area contributed by atoms with Gasteiger partial charge in [0.25, 0.3) is 0 Å². The predicted molar refractivity (Wildman–Crippen MR) is 70.2 cm³/mol. The highest BCUT2D eigenvalue weighted by atomic mass is 16.7. The first-order valence-electron chi connectivity index (χ1n) is 6.96. The van der Waals surface area contributed by atoms with Crippen molar-refractivity contribution < 1.29 is 18.9 Å². The molecule has 2 aliphatic heterocycles. The molecule has 0 spiro atoms. The SMILES string of the molecule is C=C1O[C@@H]2OCC[C@H]3C(C)=CC[C@@H]([C@H]23)[C@H]1OCOC. The standard InChI is InChI=1S/C15H22O4/c1-9-4-5-12-13-11(9)6-7-17-15(13)19-10(2)14(12)18-8-16-3/h4,11-15H,2,5-8H2,1,3H3/t11-,12-,13+,14-,15-/m0/s1. The molecule has 0 saturated carbocycles. The van der Waals surface area contributed by atoms with Crippen LogP contribution in [0.1, 0.15) is 19.8 Å². The van der Waals surface area contributed by atoms with Crippen molar-refractivity contribution >= 4 is 0 Å². The second-order valence-corrected chi connectivity index (χ2v) is 5.64. The Balaban J connectivity index is 1.85. The van der Waals surface area contributed by atoms with Crippen molar-refractivity contribution in [2.24, 2.45) is 17.8 Å². The van der Waals surface area contributed by atoms with Crippen molar-refractivity contribution in [2.75, 3.05) is 20.5 Å². The van der Waals surface area contributed by atoms with Gasteiger partial charge in [0.2, 0.25) is 6.29 Å². The highest BCUT2D eigenvalue weighted by Gasteiger charge is 2.50. The van der Waals surface area contributed by atoms with Crippen LogP contribution in [-0.2, 0) is 18.9 Å². The zero-order valence-electron chi connectivity index (χ0n) is 11.6. The van der Waals surface area contributed by atoms with E-state index in [4.69, 9.17) is 18.9 Å². The van der Waals surface area contributed by atoms with Crippen LogP contribution in [0.2, 0.25) is 0 Å². The van der Waals surface area contributed by atoms with Gasteiger partial charge in [0.15, 0.2) is 0 Å². The van der Waals surface area contributed by atoms with Gasteiger partial charge >= 0.3 is 0 Å².